The summed E-state index contributed by atoms with van der Waals surface area (Å²) in [5, 5.41) is -0.254. The Morgan fingerprint density at radius 1 is 1.43 bits per heavy atom. The Hall–Kier alpha value is -1.18. The average Bonchev–Trinajstić information content (AvgIpc) is 2.35. The summed E-state index contributed by atoms with van der Waals surface area (Å²) in [6, 6.07) is 1.90. The van der Waals surface area contributed by atoms with Gasteiger partial charge < -0.3 is 4.74 Å². The second-order valence-corrected chi connectivity index (χ2v) is 6.99. The molecule has 21 heavy (non-hydrogen) atoms. The second kappa shape index (κ2) is 7.20. The number of carbonyl (C=O) groups excluding carboxylic acids is 1. The number of methoxy groups -OCH3 is 1. The Kier molecular flexibility index (Phi) is 6.12. The van der Waals surface area contributed by atoms with Gasteiger partial charge >= 0.3 is 5.97 Å². The van der Waals surface area contributed by atoms with E-state index in [1.165, 1.54) is 7.11 Å². The van der Waals surface area contributed by atoms with Gasteiger partial charge in [0.2, 0.25) is 10.0 Å². The molecule has 5 nitrogen and oxygen atoms in total. The molecule has 0 saturated carbocycles. The van der Waals surface area contributed by atoms with Gasteiger partial charge in [0.15, 0.2) is 0 Å². The van der Waals surface area contributed by atoms with E-state index in [0.717, 1.165) is 18.2 Å². The molecule has 0 spiro atoms. The van der Waals surface area contributed by atoms with Gasteiger partial charge in [0.1, 0.15) is 16.8 Å². The SMILES string of the molecule is COC(=O)C(CC(C)C)NS(=O)(=O)c1ccc(F)cc1Cl. The minimum Gasteiger partial charge on any atom is -0.468 e. The van der Waals surface area contributed by atoms with Gasteiger partial charge in [-0.25, -0.2) is 12.8 Å². The van der Waals surface area contributed by atoms with Crippen molar-refractivity contribution in [1.82, 2.24) is 4.72 Å². The molecule has 0 radical (unpaired) electrons. The molecular formula is C13H17ClFNO4S. The van der Waals surface area contributed by atoms with Crippen molar-refractivity contribution in [3.63, 3.8) is 0 Å². The zero-order valence-electron chi connectivity index (χ0n) is 11.9. The first-order chi connectivity index (χ1) is 9.67. The Labute approximate surface area is 128 Å². The highest BCUT2D eigenvalue weighted by Crippen LogP contribution is 2.23. The quantitative estimate of drug-likeness (QED) is 0.809. The summed E-state index contributed by atoms with van der Waals surface area (Å²) in [4.78, 5) is 11.4. The highest BCUT2D eigenvalue weighted by Gasteiger charge is 2.28. The van der Waals surface area contributed by atoms with Gasteiger partial charge in [-0.3, -0.25) is 4.79 Å². The number of halogens is 2. The summed E-state index contributed by atoms with van der Waals surface area (Å²) in [5.41, 5.74) is 0. The minimum atomic E-state index is -4.06. The first-order valence-electron chi connectivity index (χ1n) is 6.22. The molecule has 1 atom stereocenters. The van der Waals surface area contributed by atoms with Crippen molar-refractivity contribution < 1.29 is 22.3 Å². The average molecular weight is 338 g/mol. The Balaban J connectivity index is 3.08. The number of esters is 1. The lowest BCUT2D eigenvalue weighted by atomic mass is 10.1. The Morgan fingerprint density at radius 2 is 2.05 bits per heavy atom. The third-order valence-electron chi connectivity index (χ3n) is 2.67. The molecule has 0 aliphatic heterocycles. The monoisotopic (exact) mass is 337 g/mol. The largest absolute Gasteiger partial charge is 0.468 e. The van der Waals surface area contributed by atoms with Crippen LogP contribution >= 0.6 is 11.6 Å². The zero-order chi connectivity index (χ0) is 16.2. The van der Waals surface area contributed by atoms with Crippen molar-refractivity contribution in [3.05, 3.63) is 29.0 Å². The van der Waals surface area contributed by atoms with E-state index >= 15 is 0 Å². The summed E-state index contributed by atoms with van der Waals surface area (Å²) in [6.45, 7) is 3.68. The summed E-state index contributed by atoms with van der Waals surface area (Å²) in [5.74, 6) is -1.27. The van der Waals surface area contributed by atoms with Crippen LogP contribution in [0.1, 0.15) is 20.3 Å². The highest BCUT2D eigenvalue weighted by molar-refractivity contribution is 7.89. The van der Waals surface area contributed by atoms with E-state index in [1.54, 1.807) is 0 Å². The summed E-state index contributed by atoms with van der Waals surface area (Å²) in [6.07, 6.45) is 0.269. The summed E-state index contributed by atoms with van der Waals surface area (Å²) < 4.78 is 44.3. The van der Waals surface area contributed by atoms with Crippen LogP contribution in [0.4, 0.5) is 4.39 Å². The zero-order valence-corrected chi connectivity index (χ0v) is 13.5. The van der Waals surface area contributed by atoms with Crippen molar-refractivity contribution in [2.45, 2.75) is 31.2 Å². The highest BCUT2D eigenvalue weighted by atomic mass is 35.5. The van der Waals surface area contributed by atoms with Crippen molar-refractivity contribution in [1.29, 1.82) is 0 Å². The van der Waals surface area contributed by atoms with Gasteiger partial charge in [-0.15, -0.1) is 0 Å². The third-order valence-corrected chi connectivity index (χ3v) is 4.63. The lowest BCUT2D eigenvalue weighted by Crippen LogP contribution is -2.42. The second-order valence-electron chi connectivity index (χ2n) is 4.90. The maximum Gasteiger partial charge on any atom is 0.323 e. The maximum absolute atomic E-state index is 13.0. The van der Waals surface area contributed by atoms with Gasteiger partial charge in [-0.05, 0) is 30.5 Å². The van der Waals surface area contributed by atoms with Gasteiger partial charge in [-0.1, -0.05) is 25.4 Å². The lowest BCUT2D eigenvalue weighted by molar-refractivity contribution is -0.143. The number of sulfonamides is 1. The van der Waals surface area contributed by atoms with Crippen LogP contribution in [0.5, 0.6) is 0 Å². The molecule has 0 saturated heterocycles. The van der Waals surface area contributed by atoms with E-state index < -0.39 is 27.9 Å². The lowest BCUT2D eigenvalue weighted by Gasteiger charge is -2.18. The molecule has 118 valence electrons. The molecule has 1 N–H and O–H groups in total. The normalized spacial score (nSPS) is 13.2. The molecule has 8 heteroatoms. The fourth-order valence-electron chi connectivity index (χ4n) is 1.75. The van der Waals surface area contributed by atoms with Gasteiger partial charge in [0, 0.05) is 0 Å². The van der Waals surface area contributed by atoms with Gasteiger partial charge in [0.25, 0.3) is 0 Å². The number of hydrogen-bond donors (Lipinski definition) is 1. The molecule has 0 aliphatic carbocycles. The number of carbonyl (C=O) groups is 1. The molecule has 1 unspecified atom stereocenters. The third kappa shape index (κ3) is 4.94. The minimum absolute atomic E-state index is 0.0699. The fraction of sp³-hybridized carbons (Fsp3) is 0.462. The summed E-state index contributed by atoms with van der Waals surface area (Å²) >= 11 is 5.74. The number of ether oxygens (including phenoxy) is 1. The molecule has 0 amide bonds. The number of benzene rings is 1. The number of nitrogens with one attached hydrogen (secondary N) is 1. The molecule has 0 bridgehead atoms. The van der Waals surface area contributed by atoms with Crippen molar-refractivity contribution in [2.24, 2.45) is 5.92 Å². The molecule has 0 fully saturated rings. The van der Waals surface area contributed by atoms with E-state index in [9.17, 15) is 17.6 Å². The van der Waals surface area contributed by atoms with Crippen LogP contribution in [-0.2, 0) is 19.6 Å². The molecule has 1 aromatic carbocycles. The van der Waals surface area contributed by atoms with Crippen LogP contribution in [0.3, 0.4) is 0 Å². The predicted octanol–water partition coefficient (Wildman–Crippen LogP) is 2.35. The molecule has 1 rings (SSSR count). The van der Waals surface area contributed by atoms with E-state index in [4.69, 9.17) is 11.6 Å². The van der Waals surface area contributed by atoms with E-state index in [1.807, 2.05) is 13.8 Å². The van der Waals surface area contributed by atoms with Crippen molar-refractivity contribution >= 4 is 27.6 Å². The van der Waals surface area contributed by atoms with E-state index in [0.29, 0.717) is 0 Å². The topological polar surface area (TPSA) is 72.5 Å². The van der Waals surface area contributed by atoms with Crippen LogP contribution < -0.4 is 4.72 Å². The van der Waals surface area contributed by atoms with Crippen LogP contribution in [-0.4, -0.2) is 27.5 Å². The van der Waals surface area contributed by atoms with Gasteiger partial charge in [-0.2, -0.15) is 4.72 Å². The molecule has 0 heterocycles. The molecule has 0 aliphatic rings. The number of rotatable bonds is 6. The Bertz CT molecular complexity index is 619. The van der Waals surface area contributed by atoms with Crippen LogP contribution in [0.2, 0.25) is 5.02 Å². The molecule has 0 aromatic heterocycles. The first kappa shape index (κ1) is 17.9. The summed E-state index contributed by atoms with van der Waals surface area (Å²) in [7, 11) is -2.88. The molecule has 1 aromatic rings. The standard InChI is InChI=1S/C13H17ClFNO4S/c1-8(2)6-11(13(17)20-3)16-21(18,19)12-5-4-9(15)7-10(12)14/h4-5,7-8,11,16H,6H2,1-3H3. The van der Waals surface area contributed by atoms with E-state index in [-0.39, 0.29) is 22.3 Å². The van der Waals surface area contributed by atoms with Crippen LogP contribution in [0.25, 0.3) is 0 Å². The fourth-order valence-corrected chi connectivity index (χ4v) is 3.48. The number of hydrogen-bond acceptors (Lipinski definition) is 4. The smallest absolute Gasteiger partial charge is 0.323 e. The van der Waals surface area contributed by atoms with Crippen molar-refractivity contribution in [2.75, 3.05) is 7.11 Å². The van der Waals surface area contributed by atoms with Gasteiger partial charge in [0.05, 0.1) is 12.1 Å². The van der Waals surface area contributed by atoms with E-state index in [2.05, 4.69) is 9.46 Å². The Morgan fingerprint density at radius 3 is 2.52 bits per heavy atom. The van der Waals surface area contributed by atoms with Crippen molar-refractivity contribution in [3.8, 4) is 0 Å². The first-order valence-corrected chi connectivity index (χ1v) is 8.08. The van der Waals surface area contributed by atoms with Crippen LogP contribution in [0.15, 0.2) is 23.1 Å². The maximum atomic E-state index is 13.0. The van der Waals surface area contributed by atoms with Crippen LogP contribution in [0, 0.1) is 11.7 Å². The predicted molar refractivity (Wildman–Crippen MR) is 77.0 cm³/mol. The molecular weight excluding hydrogens is 321 g/mol.